The molecule has 122 valence electrons. The van der Waals surface area contributed by atoms with Gasteiger partial charge in [-0.3, -0.25) is 9.59 Å². The summed E-state index contributed by atoms with van der Waals surface area (Å²) < 4.78 is 0. The number of aliphatic carboxylic acids is 2. The lowest BCUT2D eigenvalue weighted by atomic mass is 10.1. The van der Waals surface area contributed by atoms with Gasteiger partial charge in [0.15, 0.2) is 0 Å². The first-order valence-electron chi connectivity index (χ1n) is 7.28. The Morgan fingerprint density at radius 1 is 1.09 bits per heavy atom. The summed E-state index contributed by atoms with van der Waals surface area (Å²) >= 11 is 0. The van der Waals surface area contributed by atoms with E-state index in [1.165, 1.54) is 0 Å². The van der Waals surface area contributed by atoms with Crippen molar-refractivity contribution in [3.8, 4) is 0 Å². The van der Waals surface area contributed by atoms with E-state index in [0.717, 1.165) is 11.4 Å². The van der Waals surface area contributed by atoms with Crippen LogP contribution >= 0.6 is 0 Å². The van der Waals surface area contributed by atoms with Gasteiger partial charge in [-0.05, 0) is 30.7 Å². The van der Waals surface area contributed by atoms with Gasteiger partial charge in [-0.25, -0.2) is 0 Å². The zero-order valence-electron chi connectivity index (χ0n) is 13.3. The Labute approximate surface area is 131 Å². The third-order valence-electron chi connectivity index (χ3n) is 3.47. The number of hydrogen-bond donors (Lipinski definition) is 2. The van der Waals surface area contributed by atoms with Gasteiger partial charge in [-0.1, -0.05) is 6.92 Å². The fraction of sp³-hybridized carbons (Fsp3) is 0.500. The van der Waals surface area contributed by atoms with Gasteiger partial charge in [-0.2, -0.15) is 0 Å². The van der Waals surface area contributed by atoms with E-state index < -0.39 is 17.9 Å². The van der Waals surface area contributed by atoms with E-state index >= 15 is 0 Å². The Balaban J connectivity index is 2.82. The number of benzene rings is 1. The predicted octanol–water partition coefficient (Wildman–Crippen LogP) is 2.14. The summed E-state index contributed by atoms with van der Waals surface area (Å²) in [7, 11) is 3.90. The number of carboxylic acids is 2. The molecule has 0 heterocycles. The molecule has 0 aliphatic heterocycles. The first-order valence-corrected chi connectivity index (χ1v) is 7.28. The molecule has 0 spiro atoms. The highest BCUT2D eigenvalue weighted by molar-refractivity contribution is 5.70. The molecule has 0 saturated carbocycles. The second kappa shape index (κ2) is 8.26. The van der Waals surface area contributed by atoms with Gasteiger partial charge in [0.05, 0.1) is 5.92 Å². The van der Waals surface area contributed by atoms with Crippen LogP contribution in [0.1, 0.15) is 19.8 Å². The average Bonchev–Trinajstić information content (AvgIpc) is 2.45. The molecule has 2 N–H and O–H groups in total. The standard InChI is InChI=1S/C16H24N2O4/c1-12(16(21)22)11-18(10-4-5-15(19)20)14-8-6-13(7-9-14)17(2)3/h6-9,12H,4-5,10-11H2,1-3H3,(H,19,20)(H,21,22). The maximum atomic E-state index is 11.1. The molecule has 1 unspecified atom stereocenters. The highest BCUT2D eigenvalue weighted by Gasteiger charge is 2.17. The molecule has 6 heteroatoms. The van der Waals surface area contributed by atoms with E-state index in [0.29, 0.717) is 19.5 Å². The van der Waals surface area contributed by atoms with Crippen LogP contribution in [0.15, 0.2) is 24.3 Å². The van der Waals surface area contributed by atoms with Crippen molar-refractivity contribution in [2.45, 2.75) is 19.8 Å². The maximum Gasteiger partial charge on any atom is 0.308 e. The lowest BCUT2D eigenvalue weighted by molar-refractivity contribution is -0.141. The Bertz CT molecular complexity index is 499. The Morgan fingerprint density at radius 2 is 1.64 bits per heavy atom. The van der Waals surface area contributed by atoms with E-state index in [9.17, 15) is 9.59 Å². The largest absolute Gasteiger partial charge is 0.481 e. The molecule has 0 aromatic heterocycles. The van der Waals surface area contributed by atoms with E-state index in [1.54, 1.807) is 6.92 Å². The SMILES string of the molecule is CC(CN(CCCC(=O)O)c1ccc(N(C)C)cc1)C(=O)O. The molecule has 0 saturated heterocycles. The molecular formula is C16H24N2O4. The number of hydrogen-bond acceptors (Lipinski definition) is 4. The molecule has 22 heavy (non-hydrogen) atoms. The quantitative estimate of drug-likeness (QED) is 0.727. The molecular weight excluding hydrogens is 284 g/mol. The maximum absolute atomic E-state index is 11.1. The number of rotatable bonds is 9. The molecule has 1 aromatic rings. The lowest BCUT2D eigenvalue weighted by Gasteiger charge is -2.27. The number of carbonyl (C=O) groups is 2. The summed E-state index contributed by atoms with van der Waals surface area (Å²) in [6.07, 6.45) is 0.560. The fourth-order valence-corrected chi connectivity index (χ4v) is 2.12. The van der Waals surface area contributed by atoms with Gasteiger partial charge in [0.2, 0.25) is 0 Å². The molecule has 0 aliphatic carbocycles. The lowest BCUT2D eigenvalue weighted by Crippen LogP contribution is -2.33. The van der Waals surface area contributed by atoms with E-state index in [1.807, 2.05) is 48.2 Å². The number of carboxylic acid groups (broad SMARTS) is 2. The highest BCUT2D eigenvalue weighted by Crippen LogP contribution is 2.21. The Hall–Kier alpha value is -2.24. The first-order chi connectivity index (χ1) is 10.3. The summed E-state index contributed by atoms with van der Waals surface area (Å²) in [4.78, 5) is 25.6. The van der Waals surface area contributed by atoms with Crippen LogP contribution in [0.25, 0.3) is 0 Å². The first kappa shape index (κ1) is 17.8. The van der Waals surface area contributed by atoms with Crippen LogP contribution in [-0.2, 0) is 9.59 Å². The van der Waals surface area contributed by atoms with Crippen molar-refractivity contribution in [1.82, 2.24) is 0 Å². The van der Waals surface area contributed by atoms with Crippen molar-refractivity contribution >= 4 is 23.3 Å². The van der Waals surface area contributed by atoms with Crippen LogP contribution in [0, 0.1) is 5.92 Å². The molecule has 1 atom stereocenters. The smallest absolute Gasteiger partial charge is 0.308 e. The van der Waals surface area contributed by atoms with Crippen LogP contribution in [0.2, 0.25) is 0 Å². The summed E-state index contributed by atoms with van der Waals surface area (Å²) in [6, 6.07) is 7.80. The van der Waals surface area contributed by atoms with Gasteiger partial charge in [0, 0.05) is 45.0 Å². The van der Waals surface area contributed by atoms with E-state index in [2.05, 4.69) is 0 Å². The minimum absolute atomic E-state index is 0.0771. The van der Waals surface area contributed by atoms with Crippen LogP contribution < -0.4 is 9.80 Å². The van der Waals surface area contributed by atoms with Crippen LogP contribution in [0.3, 0.4) is 0 Å². The molecule has 0 radical (unpaired) electrons. The zero-order chi connectivity index (χ0) is 16.7. The number of anilines is 2. The van der Waals surface area contributed by atoms with Gasteiger partial charge < -0.3 is 20.0 Å². The van der Waals surface area contributed by atoms with E-state index in [4.69, 9.17) is 10.2 Å². The Kier molecular flexibility index (Phi) is 6.69. The summed E-state index contributed by atoms with van der Waals surface area (Å²) in [5.74, 6) is -2.21. The summed E-state index contributed by atoms with van der Waals surface area (Å²) in [6.45, 7) is 2.53. The molecule has 0 amide bonds. The molecule has 0 bridgehead atoms. The fourth-order valence-electron chi connectivity index (χ4n) is 2.12. The second-order valence-corrected chi connectivity index (χ2v) is 5.59. The van der Waals surface area contributed by atoms with Gasteiger partial charge >= 0.3 is 11.9 Å². The highest BCUT2D eigenvalue weighted by atomic mass is 16.4. The summed E-state index contributed by atoms with van der Waals surface area (Å²) in [5, 5.41) is 17.8. The Morgan fingerprint density at radius 3 is 2.09 bits per heavy atom. The number of nitrogens with zero attached hydrogens (tertiary/aromatic N) is 2. The second-order valence-electron chi connectivity index (χ2n) is 5.59. The molecule has 6 nitrogen and oxygen atoms in total. The van der Waals surface area contributed by atoms with Crippen molar-refractivity contribution in [3.63, 3.8) is 0 Å². The van der Waals surface area contributed by atoms with Crippen molar-refractivity contribution in [1.29, 1.82) is 0 Å². The summed E-state index contributed by atoms with van der Waals surface area (Å²) in [5.41, 5.74) is 1.96. The van der Waals surface area contributed by atoms with Crippen LogP contribution in [0.4, 0.5) is 11.4 Å². The van der Waals surface area contributed by atoms with Crippen molar-refractivity contribution in [2.75, 3.05) is 37.0 Å². The van der Waals surface area contributed by atoms with Crippen LogP contribution in [-0.4, -0.2) is 49.3 Å². The minimum Gasteiger partial charge on any atom is -0.481 e. The molecule has 0 aliphatic rings. The normalized spacial score (nSPS) is 11.8. The van der Waals surface area contributed by atoms with E-state index in [-0.39, 0.29) is 6.42 Å². The zero-order valence-corrected chi connectivity index (χ0v) is 13.3. The topological polar surface area (TPSA) is 81.1 Å². The van der Waals surface area contributed by atoms with Crippen molar-refractivity contribution in [3.05, 3.63) is 24.3 Å². The monoisotopic (exact) mass is 308 g/mol. The predicted molar refractivity (Wildman–Crippen MR) is 86.7 cm³/mol. The van der Waals surface area contributed by atoms with Crippen LogP contribution in [0.5, 0.6) is 0 Å². The molecule has 1 rings (SSSR count). The van der Waals surface area contributed by atoms with Crippen molar-refractivity contribution in [2.24, 2.45) is 5.92 Å². The van der Waals surface area contributed by atoms with Crippen molar-refractivity contribution < 1.29 is 19.8 Å². The third kappa shape index (κ3) is 5.63. The molecule has 0 fully saturated rings. The third-order valence-corrected chi connectivity index (χ3v) is 3.47. The van der Waals surface area contributed by atoms with Gasteiger partial charge in [0.1, 0.15) is 0 Å². The molecule has 1 aromatic carbocycles. The van der Waals surface area contributed by atoms with Gasteiger partial charge in [-0.15, -0.1) is 0 Å². The average molecular weight is 308 g/mol. The van der Waals surface area contributed by atoms with Gasteiger partial charge in [0.25, 0.3) is 0 Å². The minimum atomic E-state index is -0.854.